The summed E-state index contributed by atoms with van der Waals surface area (Å²) in [5, 5.41) is 0. The smallest absolute Gasteiger partial charge is 0.270 e. The third kappa shape index (κ3) is 1.12. The lowest BCUT2D eigenvalue weighted by molar-refractivity contribution is 1.20. The molecule has 62 valence electrons. The number of nitrogens with two attached hydrogens (primary N) is 1. The molecule has 2 aromatic heterocycles. The summed E-state index contributed by atoms with van der Waals surface area (Å²) >= 11 is 4.61. The molecule has 4 nitrogen and oxygen atoms in total. The molecule has 3 N–H and O–H groups in total. The Morgan fingerprint density at radius 1 is 1.67 bits per heavy atom. The average molecular weight is 246 g/mol. The van der Waals surface area contributed by atoms with Crippen LogP contribution in [0, 0.1) is 0 Å². The molecule has 0 bridgehead atoms. The fourth-order valence-corrected chi connectivity index (χ4v) is 2.35. The number of nitrogens with one attached hydrogen (secondary N) is 1. The molecule has 0 saturated heterocycles. The number of hydrogen-bond donors (Lipinski definition) is 2. The van der Waals surface area contributed by atoms with Gasteiger partial charge >= 0.3 is 0 Å². The number of anilines is 1. The second kappa shape index (κ2) is 2.56. The largest absolute Gasteiger partial charge is 0.369 e. The molecule has 0 unspecified atom stereocenters. The van der Waals surface area contributed by atoms with E-state index in [0.29, 0.717) is 10.2 Å². The first-order valence-corrected chi connectivity index (χ1v) is 4.72. The van der Waals surface area contributed by atoms with Crippen LogP contribution in [0.2, 0.25) is 0 Å². The summed E-state index contributed by atoms with van der Waals surface area (Å²) in [7, 11) is 0. The summed E-state index contributed by atoms with van der Waals surface area (Å²) < 4.78 is 1.47. The zero-order valence-corrected chi connectivity index (χ0v) is 8.20. The van der Waals surface area contributed by atoms with Gasteiger partial charge in [-0.1, -0.05) is 0 Å². The number of rotatable bonds is 0. The van der Waals surface area contributed by atoms with Crippen molar-refractivity contribution in [3.8, 4) is 0 Å². The fourth-order valence-electron chi connectivity index (χ4n) is 0.929. The monoisotopic (exact) mass is 245 g/mol. The van der Waals surface area contributed by atoms with Gasteiger partial charge in [0.1, 0.15) is 4.70 Å². The van der Waals surface area contributed by atoms with E-state index in [2.05, 4.69) is 25.9 Å². The first-order valence-electron chi connectivity index (χ1n) is 3.11. The first-order chi connectivity index (χ1) is 5.66. The van der Waals surface area contributed by atoms with Crippen molar-refractivity contribution in [3.05, 3.63) is 20.2 Å². The predicted molar refractivity (Wildman–Crippen MR) is 52.4 cm³/mol. The Hall–Kier alpha value is -0.880. The highest BCUT2D eigenvalue weighted by Crippen LogP contribution is 2.25. The lowest BCUT2D eigenvalue weighted by Gasteiger charge is -1.90. The minimum Gasteiger partial charge on any atom is -0.369 e. The molecular weight excluding hydrogens is 242 g/mol. The summed E-state index contributed by atoms with van der Waals surface area (Å²) in [6, 6.07) is 1.77. The number of nitrogens with zero attached hydrogens (tertiary/aromatic N) is 1. The van der Waals surface area contributed by atoms with Gasteiger partial charge in [0.2, 0.25) is 5.95 Å². The van der Waals surface area contributed by atoms with Gasteiger partial charge in [-0.25, -0.2) is 4.98 Å². The minimum atomic E-state index is -0.187. The van der Waals surface area contributed by atoms with Crippen molar-refractivity contribution in [2.75, 3.05) is 5.73 Å². The van der Waals surface area contributed by atoms with Crippen LogP contribution in [0.5, 0.6) is 0 Å². The third-order valence-electron chi connectivity index (χ3n) is 1.37. The van der Waals surface area contributed by atoms with Crippen molar-refractivity contribution in [1.82, 2.24) is 9.97 Å². The molecule has 0 amide bonds. The van der Waals surface area contributed by atoms with Crippen LogP contribution in [0.15, 0.2) is 14.6 Å². The Morgan fingerprint density at radius 2 is 2.42 bits per heavy atom. The molecule has 0 fully saturated rings. The minimum absolute atomic E-state index is 0.151. The summed E-state index contributed by atoms with van der Waals surface area (Å²) in [5.41, 5.74) is 5.80. The van der Waals surface area contributed by atoms with Gasteiger partial charge < -0.3 is 5.73 Å². The molecule has 6 heteroatoms. The third-order valence-corrected chi connectivity index (χ3v) is 3.00. The molecule has 0 radical (unpaired) electrons. The predicted octanol–water partition coefficient (Wildman–Crippen LogP) is 1.33. The lowest BCUT2D eigenvalue weighted by atomic mass is 10.5. The average Bonchev–Trinajstić information content (AvgIpc) is 2.29. The van der Waals surface area contributed by atoms with Gasteiger partial charge in [0.15, 0.2) is 0 Å². The topological polar surface area (TPSA) is 71.8 Å². The maximum Gasteiger partial charge on any atom is 0.270 e. The van der Waals surface area contributed by atoms with Gasteiger partial charge in [0.05, 0.1) is 9.30 Å². The Bertz CT molecular complexity index is 489. The molecule has 0 aliphatic carbocycles. The Kier molecular flexibility index (Phi) is 1.66. The Labute approximate surface area is 79.6 Å². The van der Waals surface area contributed by atoms with Gasteiger partial charge in [-0.3, -0.25) is 9.78 Å². The molecule has 2 rings (SSSR count). The number of H-pyrrole nitrogens is 1. The Balaban J connectivity index is 2.98. The van der Waals surface area contributed by atoms with E-state index in [1.165, 1.54) is 11.3 Å². The molecule has 2 aromatic rings. The van der Waals surface area contributed by atoms with Crippen molar-refractivity contribution in [1.29, 1.82) is 0 Å². The second-order valence-electron chi connectivity index (χ2n) is 2.22. The fraction of sp³-hybridized carbons (Fsp3) is 0. The Morgan fingerprint density at radius 3 is 3.17 bits per heavy atom. The molecule has 0 saturated carbocycles. The standard InChI is InChI=1S/C6H4BrN3OS/c7-3-1-2-4(12-3)5(11)10-6(8)9-2/h1H,(H3,8,9,10,11). The molecular formula is C6H4BrN3OS. The molecule has 0 spiro atoms. The van der Waals surface area contributed by atoms with Crippen molar-refractivity contribution in [2.24, 2.45) is 0 Å². The maximum absolute atomic E-state index is 11.2. The van der Waals surface area contributed by atoms with Crippen molar-refractivity contribution in [3.63, 3.8) is 0 Å². The number of halogens is 1. The van der Waals surface area contributed by atoms with E-state index in [-0.39, 0.29) is 11.5 Å². The van der Waals surface area contributed by atoms with E-state index in [1.807, 2.05) is 0 Å². The zero-order chi connectivity index (χ0) is 8.72. The molecule has 12 heavy (non-hydrogen) atoms. The highest BCUT2D eigenvalue weighted by atomic mass is 79.9. The van der Waals surface area contributed by atoms with E-state index in [9.17, 15) is 4.79 Å². The van der Waals surface area contributed by atoms with Crippen LogP contribution in [-0.4, -0.2) is 9.97 Å². The number of hydrogen-bond acceptors (Lipinski definition) is 4. The van der Waals surface area contributed by atoms with E-state index < -0.39 is 0 Å². The highest BCUT2D eigenvalue weighted by Gasteiger charge is 2.05. The highest BCUT2D eigenvalue weighted by molar-refractivity contribution is 9.11. The first kappa shape index (κ1) is 7.75. The number of nitrogen functional groups attached to an aromatic ring is 1. The van der Waals surface area contributed by atoms with Crippen molar-refractivity contribution in [2.45, 2.75) is 0 Å². The summed E-state index contributed by atoms with van der Waals surface area (Å²) in [4.78, 5) is 17.6. The number of aromatic nitrogens is 2. The SMILES string of the molecule is Nc1nc2cc(Br)sc2c(=O)[nH]1. The van der Waals surface area contributed by atoms with E-state index >= 15 is 0 Å². The van der Waals surface area contributed by atoms with Crippen LogP contribution in [0.25, 0.3) is 10.2 Å². The van der Waals surface area contributed by atoms with Gasteiger partial charge in [0.25, 0.3) is 5.56 Å². The molecule has 0 atom stereocenters. The molecule has 0 aliphatic rings. The van der Waals surface area contributed by atoms with Gasteiger partial charge in [-0.15, -0.1) is 11.3 Å². The zero-order valence-electron chi connectivity index (χ0n) is 5.80. The molecule has 0 aromatic carbocycles. The van der Waals surface area contributed by atoms with Gasteiger partial charge in [-0.2, -0.15) is 0 Å². The van der Waals surface area contributed by atoms with Crippen LogP contribution in [0.1, 0.15) is 0 Å². The summed E-state index contributed by atoms with van der Waals surface area (Å²) in [6.07, 6.45) is 0. The van der Waals surface area contributed by atoms with Crippen molar-refractivity contribution < 1.29 is 0 Å². The van der Waals surface area contributed by atoms with Crippen LogP contribution < -0.4 is 11.3 Å². The maximum atomic E-state index is 11.2. The van der Waals surface area contributed by atoms with E-state index in [4.69, 9.17) is 5.73 Å². The molecule has 2 heterocycles. The van der Waals surface area contributed by atoms with Gasteiger partial charge in [0, 0.05) is 0 Å². The second-order valence-corrected chi connectivity index (χ2v) is 4.65. The number of aromatic amines is 1. The quantitative estimate of drug-likeness (QED) is 0.736. The van der Waals surface area contributed by atoms with Crippen LogP contribution in [0.4, 0.5) is 5.95 Å². The number of fused-ring (bicyclic) bond motifs is 1. The summed E-state index contributed by atoms with van der Waals surface area (Å²) in [6.45, 7) is 0. The van der Waals surface area contributed by atoms with Gasteiger partial charge in [-0.05, 0) is 22.0 Å². The molecule has 0 aliphatic heterocycles. The van der Waals surface area contributed by atoms with Crippen LogP contribution in [-0.2, 0) is 0 Å². The van der Waals surface area contributed by atoms with E-state index in [1.54, 1.807) is 6.07 Å². The van der Waals surface area contributed by atoms with Crippen LogP contribution >= 0.6 is 27.3 Å². The number of thiophene rings is 1. The van der Waals surface area contributed by atoms with E-state index in [0.717, 1.165) is 3.79 Å². The summed E-state index contributed by atoms with van der Waals surface area (Å²) in [5.74, 6) is 0.151. The normalized spacial score (nSPS) is 10.8. The van der Waals surface area contributed by atoms with Crippen molar-refractivity contribution >= 4 is 43.4 Å². The lowest BCUT2D eigenvalue weighted by Crippen LogP contribution is -2.09. The van der Waals surface area contributed by atoms with Crippen LogP contribution in [0.3, 0.4) is 0 Å².